The van der Waals surface area contributed by atoms with Gasteiger partial charge < -0.3 is 4.42 Å². The van der Waals surface area contributed by atoms with Gasteiger partial charge in [-0.3, -0.25) is 0 Å². The van der Waals surface area contributed by atoms with E-state index in [0.29, 0.717) is 0 Å². The Morgan fingerprint density at radius 3 is 1.35 bits per heavy atom. The van der Waals surface area contributed by atoms with Crippen molar-refractivity contribution in [1.82, 2.24) is 0 Å². The summed E-state index contributed by atoms with van der Waals surface area (Å²) in [5.74, 6) is 0. The van der Waals surface area contributed by atoms with Crippen molar-refractivity contribution in [3.8, 4) is 0 Å². The standard InChI is InChI=1S/C14H12O.C8H10/c1-9-3-5-13-11(7-9)12-8-10(2)4-6-14(12)15-13;1-7-4-3-5-8(2)6-7/h3-8H,1-2H3;3-6H,1-2H3. The maximum Gasteiger partial charge on any atom is 0.135 e. The fourth-order valence-corrected chi connectivity index (χ4v) is 2.81. The molecule has 0 unspecified atom stereocenters. The van der Waals surface area contributed by atoms with Gasteiger partial charge in [-0.1, -0.05) is 58.7 Å². The predicted octanol–water partition coefficient (Wildman–Crippen LogP) is 6.51. The zero-order chi connectivity index (χ0) is 16.4. The Bertz CT molecular complexity index is 887. The van der Waals surface area contributed by atoms with Crippen LogP contribution >= 0.6 is 0 Å². The van der Waals surface area contributed by atoms with E-state index in [4.69, 9.17) is 4.42 Å². The number of hydrogen-bond acceptors (Lipinski definition) is 1. The van der Waals surface area contributed by atoms with Gasteiger partial charge in [0.15, 0.2) is 0 Å². The summed E-state index contributed by atoms with van der Waals surface area (Å²) in [6.07, 6.45) is 0. The molecule has 1 heterocycles. The van der Waals surface area contributed by atoms with Gasteiger partial charge in [-0.05, 0) is 52.0 Å². The zero-order valence-electron chi connectivity index (χ0n) is 14.2. The summed E-state index contributed by atoms with van der Waals surface area (Å²) in [5.41, 5.74) is 7.16. The third-order valence-corrected chi connectivity index (χ3v) is 3.95. The fourth-order valence-electron chi connectivity index (χ4n) is 2.81. The van der Waals surface area contributed by atoms with Crippen LogP contribution in [0.1, 0.15) is 22.3 Å². The Hall–Kier alpha value is -2.54. The molecule has 0 spiro atoms. The minimum absolute atomic E-state index is 0.973. The van der Waals surface area contributed by atoms with Crippen molar-refractivity contribution in [1.29, 1.82) is 0 Å². The van der Waals surface area contributed by atoms with E-state index < -0.39 is 0 Å². The Balaban J connectivity index is 0.000000166. The van der Waals surface area contributed by atoms with Crippen LogP contribution in [0.25, 0.3) is 21.9 Å². The van der Waals surface area contributed by atoms with E-state index in [1.807, 2.05) is 12.1 Å². The molecule has 4 rings (SSSR count). The molecule has 1 heteroatoms. The van der Waals surface area contributed by atoms with Gasteiger partial charge in [-0.15, -0.1) is 0 Å². The molecule has 116 valence electrons. The first kappa shape index (κ1) is 15.4. The third-order valence-electron chi connectivity index (χ3n) is 3.95. The highest BCUT2D eigenvalue weighted by Gasteiger charge is 2.06. The first-order chi connectivity index (χ1) is 11.0. The molecule has 0 aliphatic heterocycles. The van der Waals surface area contributed by atoms with E-state index in [9.17, 15) is 0 Å². The molecule has 1 aromatic heterocycles. The second kappa shape index (κ2) is 6.29. The van der Waals surface area contributed by atoms with Crippen molar-refractivity contribution in [3.63, 3.8) is 0 Å². The Kier molecular flexibility index (Phi) is 4.20. The minimum Gasteiger partial charge on any atom is -0.456 e. The monoisotopic (exact) mass is 302 g/mol. The van der Waals surface area contributed by atoms with Crippen molar-refractivity contribution in [3.05, 3.63) is 82.9 Å². The largest absolute Gasteiger partial charge is 0.456 e. The Morgan fingerprint density at radius 1 is 0.522 bits per heavy atom. The number of hydrogen-bond donors (Lipinski definition) is 0. The molecule has 0 atom stereocenters. The lowest BCUT2D eigenvalue weighted by atomic mass is 10.1. The van der Waals surface area contributed by atoms with Crippen LogP contribution in [0.4, 0.5) is 0 Å². The number of furan rings is 1. The highest BCUT2D eigenvalue weighted by atomic mass is 16.3. The average Bonchev–Trinajstić information content (AvgIpc) is 2.85. The lowest BCUT2D eigenvalue weighted by Crippen LogP contribution is -1.72. The molecule has 3 aromatic carbocycles. The van der Waals surface area contributed by atoms with Crippen molar-refractivity contribution in [2.24, 2.45) is 0 Å². The molecule has 1 nitrogen and oxygen atoms in total. The molecule has 0 fully saturated rings. The van der Waals surface area contributed by atoms with Crippen LogP contribution in [-0.2, 0) is 0 Å². The van der Waals surface area contributed by atoms with E-state index in [-0.39, 0.29) is 0 Å². The maximum absolute atomic E-state index is 5.76. The molecule has 0 radical (unpaired) electrons. The summed E-state index contributed by atoms with van der Waals surface area (Å²) in [4.78, 5) is 0. The smallest absolute Gasteiger partial charge is 0.135 e. The Morgan fingerprint density at radius 2 is 0.957 bits per heavy atom. The van der Waals surface area contributed by atoms with Crippen LogP contribution in [0.15, 0.2) is 65.1 Å². The fraction of sp³-hybridized carbons (Fsp3) is 0.182. The lowest BCUT2D eigenvalue weighted by molar-refractivity contribution is 0.669. The van der Waals surface area contributed by atoms with Gasteiger partial charge in [0.2, 0.25) is 0 Å². The van der Waals surface area contributed by atoms with Crippen molar-refractivity contribution < 1.29 is 4.42 Å². The maximum atomic E-state index is 5.76. The van der Waals surface area contributed by atoms with Gasteiger partial charge in [0.1, 0.15) is 11.2 Å². The first-order valence-electron chi connectivity index (χ1n) is 7.96. The van der Waals surface area contributed by atoms with Gasteiger partial charge in [0, 0.05) is 10.8 Å². The molecule has 0 amide bonds. The molecule has 0 saturated carbocycles. The summed E-state index contributed by atoms with van der Waals surface area (Å²) in [6, 6.07) is 21.1. The molecule has 0 aliphatic carbocycles. The van der Waals surface area contributed by atoms with Gasteiger partial charge in [0.05, 0.1) is 0 Å². The summed E-state index contributed by atoms with van der Waals surface area (Å²) < 4.78 is 5.76. The molecule has 0 bridgehead atoms. The number of benzene rings is 3. The van der Waals surface area contributed by atoms with Crippen LogP contribution < -0.4 is 0 Å². The molecule has 23 heavy (non-hydrogen) atoms. The second-order valence-corrected chi connectivity index (χ2v) is 6.26. The highest BCUT2D eigenvalue weighted by Crippen LogP contribution is 2.29. The highest BCUT2D eigenvalue weighted by molar-refractivity contribution is 6.05. The average molecular weight is 302 g/mol. The SMILES string of the molecule is Cc1ccc2oc3ccc(C)cc3c2c1.Cc1cccc(C)c1. The molecular weight excluding hydrogens is 280 g/mol. The van der Waals surface area contributed by atoms with Crippen molar-refractivity contribution >= 4 is 21.9 Å². The minimum atomic E-state index is 0.973. The van der Waals surface area contributed by atoms with Crippen LogP contribution in [0.3, 0.4) is 0 Å². The van der Waals surface area contributed by atoms with Crippen LogP contribution in [-0.4, -0.2) is 0 Å². The van der Waals surface area contributed by atoms with E-state index in [2.05, 4.69) is 76.2 Å². The lowest BCUT2D eigenvalue weighted by Gasteiger charge is -1.93. The van der Waals surface area contributed by atoms with Gasteiger partial charge in [-0.25, -0.2) is 0 Å². The topological polar surface area (TPSA) is 13.1 Å². The molecular formula is C22H22O. The van der Waals surface area contributed by atoms with E-state index >= 15 is 0 Å². The van der Waals surface area contributed by atoms with Crippen LogP contribution in [0, 0.1) is 27.7 Å². The van der Waals surface area contributed by atoms with Gasteiger partial charge in [0.25, 0.3) is 0 Å². The molecule has 0 aliphatic rings. The first-order valence-corrected chi connectivity index (χ1v) is 7.96. The van der Waals surface area contributed by atoms with Gasteiger partial charge in [-0.2, -0.15) is 0 Å². The third kappa shape index (κ3) is 3.45. The van der Waals surface area contributed by atoms with E-state index in [1.54, 1.807) is 0 Å². The summed E-state index contributed by atoms with van der Waals surface area (Å²) in [5, 5.41) is 2.43. The second-order valence-electron chi connectivity index (χ2n) is 6.26. The van der Waals surface area contributed by atoms with Crippen LogP contribution in [0.5, 0.6) is 0 Å². The molecule has 4 aromatic rings. The molecule has 0 saturated heterocycles. The quantitative estimate of drug-likeness (QED) is 0.361. The van der Waals surface area contributed by atoms with Crippen molar-refractivity contribution in [2.45, 2.75) is 27.7 Å². The van der Waals surface area contributed by atoms with Crippen molar-refractivity contribution in [2.75, 3.05) is 0 Å². The summed E-state index contributed by atoms with van der Waals surface area (Å²) in [7, 11) is 0. The zero-order valence-corrected chi connectivity index (χ0v) is 14.2. The number of rotatable bonds is 0. The predicted molar refractivity (Wildman–Crippen MR) is 99.1 cm³/mol. The summed E-state index contributed by atoms with van der Waals surface area (Å²) >= 11 is 0. The number of fused-ring (bicyclic) bond motifs is 3. The van der Waals surface area contributed by atoms with Gasteiger partial charge >= 0.3 is 0 Å². The normalized spacial score (nSPS) is 10.6. The van der Waals surface area contributed by atoms with E-state index in [1.165, 1.54) is 33.0 Å². The Labute approximate surface area is 137 Å². The molecule has 0 N–H and O–H groups in total. The van der Waals surface area contributed by atoms with E-state index in [0.717, 1.165) is 11.2 Å². The van der Waals surface area contributed by atoms with Crippen LogP contribution in [0.2, 0.25) is 0 Å². The number of aryl methyl sites for hydroxylation is 4. The summed E-state index contributed by atoms with van der Waals surface area (Å²) in [6.45, 7) is 8.42.